The van der Waals surface area contributed by atoms with Gasteiger partial charge in [-0.3, -0.25) is 0 Å². The largest absolute Gasteiger partial charge is 0.489 e. The summed E-state index contributed by atoms with van der Waals surface area (Å²) >= 11 is 7.76. The zero-order valence-electron chi connectivity index (χ0n) is 16.1. The number of halogens is 1. The van der Waals surface area contributed by atoms with Gasteiger partial charge in [0.05, 0.1) is 6.21 Å². The summed E-state index contributed by atoms with van der Waals surface area (Å²) in [7, 11) is 0. The smallest absolute Gasteiger partial charge is 0.212 e. The summed E-state index contributed by atoms with van der Waals surface area (Å²) in [6.07, 6.45) is 3.35. The molecule has 0 radical (unpaired) electrons. The van der Waals surface area contributed by atoms with E-state index in [9.17, 15) is 0 Å². The highest BCUT2D eigenvalue weighted by molar-refractivity contribution is 7.98. The summed E-state index contributed by atoms with van der Waals surface area (Å²) in [5.41, 5.74) is 3.10. The molecule has 0 atom stereocenters. The normalized spacial score (nSPS) is 11.1. The topological polar surface area (TPSA) is 52.3 Å². The van der Waals surface area contributed by atoms with Crippen molar-refractivity contribution in [3.63, 3.8) is 0 Å². The predicted molar refractivity (Wildman–Crippen MR) is 121 cm³/mol. The van der Waals surface area contributed by atoms with Gasteiger partial charge in [-0.1, -0.05) is 84.0 Å². The van der Waals surface area contributed by atoms with Gasteiger partial charge in [-0.2, -0.15) is 9.78 Å². The van der Waals surface area contributed by atoms with Crippen molar-refractivity contribution in [2.45, 2.75) is 17.5 Å². The lowest BCUT2D eigenvalue weighted by atomic mass is 10.2. The molecule has 0 aliphatic heterocycles. The Morgan fingerprint density at radius 2 is 1.83 bits per heavy atom. The number of rotatable bonds is 8. The van der Waals surface area contributed by atoms with Crippen LogP contribution in [0.25, 0.3) is 0 Å². The van der Waals surface area contributed by atoms with Crippen LogP contribution in [-0.4, -0.2) is 21.1 Å². The van der Waals surface area contributed by atoms with Crippen molar-refractivity contribution >= 4 is 29.6 Å². The molecule has 0 spiro atoms. The van der Waals surface area contributed by atoms with Crippen molar-refractivity contribution in [3.05, 3.63) is 107 Å². The van der Waals surface area contributed by atoms with Gasteiger partial charge in [0.15, 0.2) is 0 Å². The van der Waals surface area contributed by atoms with Crippen LogP contribution in [-0.2, 0) is 12.4 Å². The van der Waals surface area contributed by atoms with Crippen molar-refractivity contribution in [2.75, 3.05) is 0 Å². The van der Waals surface area contributed by atoms with Crippen molar-refractivity contribution in [3.8, 4) is 5.75 Å². The van der Waals surface area contributed by atoms with Crippen LogP contribution in [0, 0.1) is 0 Å². The minimum absolute atomic E-state index is 0.524. The first-order chi connectivity index (χ1) is 14.8. The second-order valence-corrected chi connectivity index (χ2v) is 7.78. The molecule has 4 rings (SSSR count). The monoisotopic (exact) mass is 434 g/mol. The third kappa shape index (κ3) is 5.49. The Morgan fingerprint density at radius 1 is 1.00 bits per heavy atom. The molecule has 0 aliphatic rings. The Bertz CT molecular complexity index is 1130. The van der Waals surface area contributed by atoms with Crippen molar-refractivity contribution < 1.29 is 4.74 Å². The van der Waals surface area contributed by atoms with E-state index in [4.69, 9.17) is 16.3 Å². The average molecular weight is 435 g/mol. The Hall–Kier alpha value is -3.09. The maximum absolute atomic E-state index is 6.23. The molecule has 0 saturated carbocycles. The second-order valence-electron chi connectivity index (χ2n) is 6.43. The molecule has 0 amide bonds. The minimum Gasteiger partial charge on any atom is -0.489 e. The molecule has 150 valence electrons. The third-order valence-corrected chi connectivity index (χ3v) is 5.60. The van der Waals surface area contributed by atoms with Gasteiger partial charge in [0.1, 0.15) is 18.7 Å². The van der Waals surface area contributed by atoms with E-state index in [1.54, 1.807) is 17.2 Å². The fraction of sp³-hybridized carbons (Fsp3) is 0.0870. The summed E-state index contributed by atoms with van der Waals surface area (Å²) in [6.45, 7) is 0.524. The van der Waals surface area contributed by atoms with Gasteiger partial charge in [-0.25, -0.2) is 0 Å². The fourth-order valence-electron chi connectivity index (χ4n) is 2.71. The number of hydrogen-bond donors (Lipinski definition) is 0. The zero-order valence-corrected chi connectivity index (χ0v) is 17.6. The number of nitrogens with zero attached hydrogens (tertiary/aromatic N) is 4. The van der Waals surface area contributed by atoms with Crippen molar-refractivity contribution in [1.82, 2.24) is 14.9 Å². The number of hydrogen-bond acceptors (Lipinski definition) is 5. The summed E-state index contributed by atoms with van der Waals surface area (Å²) in [5, 5.41) is 14.0. The van der Waals surface area contributed by atoms with E-state index in [0.29, 0.717) is 17.5 Å². The van der Waals surface area contributed by atoms with Gasteiger partial charge in [0.25, 0.3) is 0 Å². The molecule has 0 fully saturated rings. The predicted octanol–water partition coefficient (Wildman–Crippen LogP) is 5.69. The highest BCUT2D eigenvalue weighted by Gasteiger charge is 2.06. The van der Waals surface area contributed by atoms with E-state index in [2.05, 4.69) is 15.3 Å². The molecule has 0 unspecified atom stereocenters. The number of benzene rings is 3. The second kappa shape index (κ2) is 10.1. The number of aromatic nitrogens is 3. The number of thioether (sulfide) groups is 1. The molecule has 0 aliphatic carbocycles. The maximum atomic E-state index is 6.23. The first-order valence-corrected chi connectivity index (χ1v) is 10.7. The molecule has 1 aromatic heterocycles. The molecular weight excluding hydrogens is 416 g/mol. The summed E-state index contributed by atoms with van der Waals surface area (Å²) in [4.78, 5) is 0. The van der Waals surface area contributed by atoms with Crippen LogP contribution in [0.15, 0.2) is 95.4 Å². The fourth-order valence-corrected chi connectivity index (χ4v) is 3.86. The minimum atomic E-state index is 0.524. The van der Waals surface area contributed by atoms with Crippen LogP contribution in [0.1, 0.15) is 16.7 Å². The maximum Gasteiger partial charge on any atom is 0.212 e. The molecule has 30 heavy (non-hydrogen) atoms. The lowest BCUT2D eigenvalue weighted by molar-refractivity contribution is 0.306. The number of ether oxygens (including phenoxy) is 1. The van der Waals surface area contributed by atoms with Gasteiger partial charge in [0.2, 0.25) is 5.16 Å². The molecule has 0 N–H and O–H groups in total. The van der Waals surface area contributed by atoms with Gasteiger partial charge < -0.3 is 4.74 Å². The molecule has 1 heterocycles. The average Bonchev–Trinajstić information content (AvgIpc) is 3.24. The molecule has 4 aromatic rings. The summed E-state index contributed by atoms with van der Waals surface area (Å²) in [6, 6.07) is 25.7. The van der Waals surface area contributed by atoms with Gasteiger partial charge >= 0.3 is 0 Å². The first-order valence-electron chi connectivity index (χ1n) is 9.35. The van der Waals surface area contributed by atoms with E-state index >= 15 is 0 Å². The van der Waals surface area contributed by atoms with E-state index < -0.39 is 0 Å². The Kier molecular flexibility index (Phi) is 6.79. The lowest BCUT2D eigenvalue weighted by Crippen LogP contribution is -1.96. The molecule has 0 saturated heterocycles. The van der Waals surface area contributed by atoms with Crippen LogP contribution in [0.2, 0.25) is 5.02 Å². The molecule has 5 nitrogen and oxygen atoms in total. The first kappa shape index (κ1) is 20.2. The molecule has 7 heteroatoms. The zero-order chi connectivity index (χ0) is 20.6. The Balaban J connectivity index is 1.39. The van der Waals surface area contributed by atoms with E-state index in [1.165, 1.54) is 11.8 Å². The van der Waals surface area contributed by atoms with Crippen LogP contribution >= 0.6 is 23.4 Å². The van der Waals surface area contributed by atoms with Gasteiger partial charge in [-0.15, -0.1) is 10.2 Å². The van der Waals surface area contributed by atoms with Crippen LogP contribution in [0.5, 0.6) is 5.75 Å². The van der Waals surface area contributed by atoms with E-state index in [0.717, 1.165) is 27.5 Å². The van der Waals surface area contributed by atoms with E-state index in [-0.39, 0.29) is 0 Å². The van der Waals surface area contributed by atoms with Crippen LogP contribution in [0.4, 0.5) is 0 Å². The van der Waals surface area contributed by atoms with Crippen LogP contribution < -0.4 is 4.74 Å². The van der Waals surface area contributed by atoms with Gasteiger partial charge in [-0.05, 0) is 34.9 Å². The highest BCUT2D eigenvalue weighted by Crippen LogP contribution is 2.25. The molecular formula is C23H19ClN4OS. The van der Waals surface area contributed by atoms with Gasteiger partial charge in [0, 0.05) is 10.8 Å². The van der Waals surface area contributed by atoms with Crippen molar-refractivity contribution in [2.24, 2.45) is 5.10 Å². The van der Waals surface area contributed by atoms with Crippen LogP contribution in [0.3, 0.4) is 0 Å². The quantitative estimate of drug-likeness (QED) is 0.264. The summed E-state index contributed by atoms with van der Waals surface area (Å²) in [5.74, 6) is 1.48. The lowest BCUT2D eigenvalue weighted by Gasteiger charge is -2.07. The standard InChI is InChI=1S/C23H19ClN4OS/c24-22-12-5-4-10-20(22)16-30-23-27-25-17-28(23)26-14-19-9-6-11-21(13-19)29-15-18-7-2-1-3-8-18/h1-14,17H,15-16H2/b26-14+. The van der Waals surface area contributed by atoms with Crippen molar-refractivity contribution in [1.29, 1.82) is 0 Å². The van der Waals surface area contributed by atoms with E-state index in [1.807, 2.05) is 78.9 Å². The molecule has 0 bridgehead atoms. The third-order valence-electron chi connectivity index (χ3n) is 4.25. The Labute approximate surface area is 184 Å². The highest BCUT2D eigenvalue weighted by atomic mass is 35.5. The molecule has 3 aromatic carbocycles. The SMILES string of the molecule is Clc1ccccc1CSc1nncn1/N=C/c1cccc(OCc2ccccc2)c1. The Morgan fingerprint density at radius 3 is 2.70 bits per heavy atom. The summed E-state index contributed by atoms with van der Waals surface area (Å²) < 4.78 is 7.53.